The van der Waals surface area contributed by atoms with Gasteiger partial charge in [-0.15, -0.1) is 11.6 Å². The molecule has 0 fully saturated rings. The molecule has 0 N–H and O–H groups in total. The third-order valence-corrected chi connectivity index (χ3v) is 3.16. The minimum atomic E-state index is 0.831. The van der Waals surface area contributed by atoms with Crippen LogP contribution >= 0.6 is 11.6 Å². The second kappa shape index (κ2) is 15.0. The van der Waals surface area contributed by atoms with Crippen molar-refractivity contribution >= 4 is 11.6 Å². The SMILES string of the molecule is CCCCCC/C=C/CCCCCCCCl. The molecule has 0 nitrogen and oxygen atoms in total. The van der Waals surface area contributed by atoms with Gasteiger partial charge >= 0.3 is 0 Å². The summed E-state index contributed by atoms with van der Waals surface area (Å²) in [4.78, 5) is 0. The highest BCUT2D eigenvalue weighted by Gasteiger charge is 1.88. The quantitative estimate of drug-likeness (QED) is 0.221. The van der Waals surface area contributed by atoms with E-state index in [0.29, 0.717) is 0 Å². The monoisotopic (exact) mass is 244 g/mol. The van der Waals surface area contributed by atoms with Crippen LogP contribution in [0.4, 0.5) is 0 Å². The number of allylic oxidation sites excluding steroid dienone is 2. The highest BCUT2D eigenvalue weighted by Crippen LogP contribution is 2.07. The third kappa shape index (κ3) is 14.0. The van der Waals surface area contributed by atoms with Crippen molar-refractivity contribution in [1.29, 1.82) is 0 Å². The zero-order chi connectivity index (χ0) is 11.9. The van der Waals surface area contributed by atoms with Crippen molar-refractivity contribution in [2.24, 2.45) is 0 Å². The second-order valence-electron chi connectivity index (χ2n) is 4.57. The highest BCUT2D eigenvalue weighted by molar-refractivity contribution is 6.17. The van der Waals surface area contributed by atoms with E-state index >= 15 is 0 Å². The van der Waals surface area contributed by atoms with E-state index in [1.807, 2.05) is 0 Å². The van der Waals surface area contributed by atoms with Gasteiger partial charge in [-0.2, -0.15) is 0 Å². The lowest BCUT2D eigenvalue weighted by Crippen LogP contribution is -1.79. The lowest BCUT2D eigenvalue weighted by Gasteiger charge is -1.97. The molecule has 0 spiro atoms. The van der Waals surface area contributed by atoms with Gasteiger partial charge in [0, 0.05) is 5.88 Å². The van der Waals surface area contributed by atoms with Crippen LogP contribution in [0.25, 0.3) is 0 Å². The maximum Gasteiger partial charge on any atom is 0.0223 e. The van der Waals surface area contributed by atoms with E-state index < -0.39 is 0 Å². The Morgan fingerprint density at radius 3 is 1.75 bits per heavy atom. The first-order valence-electron chi connectivity index (χ1n) is 7.12. The van der Waals surface area contributed by atoms with E-state index in [2.05, 4.69) is 19.1 Å². The topological polar surface area (TPSA) is 0 Å². The lowest BCUT2D eigenvalue weighted by atomic mass is 10.1. The van der Waals surface area contributed by atoms with Crippen molar-refractivity contribution in [2.75, 3.05) is 5.88 Å². The molecule has 0 radical (unpaired) electrons. The summed E-state index contributed by atoms with van der Waals surface area (Å²) < 4.78 is 0. The standard InChI is InChI=1S/C15H29Cl/c1-2-3-4-5-6-7-8-9-10-11-12-13-14-15-16/h7-8H,2-6,9-15H2,1H3/b8-7+. The van der Waals surface area contributed by atoms with Crippen LogP contribution in [-0.2, 0) is 0 Å². The highest BCUT2D eigenvalue weighted by atomic mass is 35.5. The number of hydrogen-bond acceptors (Lipinski definition) is 0. The predicted molar refractivity (Wildman–Crippen MR) is 76.3 cm³/mol. The van der Waals surface area contributed by atoms with Gasteiger partial charge in [0.1, 0.15) is 0 Å². The molecule has 16 heavy (non-hydrogen) atoms. The van der Waals surface area contributed by atoms with Crippen molar-refractivity contribution in [3.63, 3.8) is 0 Å². The Kier molecular flexibility index (Phi) is 15.1. The Labute approximate surface area is 107 Å². The molecule has 0 bridgehead atoms. The number of hydrogen-bond donors (Lipinski definition) is 0. The molecule has 0 aliphatic heterocycles. The molecule has 0 aliphatic rings. The summed E-state index contributed by atoms with van der Waals surface area (Å²) in [5.74, 6) is 0.831. The van der Waals surface area contributed by atoms with Crippen LogP contribution in [0.3, 0.4) is 0 Å². The third-order valence-electron chi connectivity index (χ3n) is 2.90. The van der Waals surface area contributed by atoms with Crippen LogP contribution < -0.4 is 0 Å². The van der Waals surface area contributed by atoms with Crippen LogP contribution in [0.15, 0.2) is 12.2 Å². The van der Waals surface area contributed by atoms with Crippen molar-refractivity contribution in [2.45, 2.75) is 77.6 Å². The van der Waals surface area contributed by atoms with E-state index in [4.69, 9.17) is 11.6 Å². The molecule has 0 aromatic rings. The maximum absolute atomic E-state index is 5.62. The number of alkyl halides is 1. The van der Waals surface area contributed by atoms with Crippen molar-refractivity contribution in [3.8, 4) is 0 Å². The van der Waals surface area contributed by atoms with Gasteiger partial charge in [-0.05, 0) is 32.1 Å². The molecule has 0 amide bonds. The first-order valence-corrected chi connectivity index (χ1v) is 7.66. The summed E-state index contributed by atoms with van der Waals surface area (Å²) in [6.07, 6.45) is 19.4. The summed E-state index contributed by atoms with van der Waals surface area (Å²) in [5.41, 5.74) is 0. The number of halogens is 1. The van der Waals surface area contributed by atoms with Gasteiger partial charge in [0.05, 0.1) is 0 Å². The zero-order valence-electron chi connectivity index (χ0n) is 11.0. The molecule has 0 atom stereocenters. The minimum absolute atomic E-state index is 0.831. The minimum Gasteiger partial charge on any atom is -0.127 e. The molecular weight excluding hydrogens is 216 g/mol. The van der Waals surface area contributed by atoms with Crippen LogP contribution in [0.5, 0.6) is 0 Å². The van der Waals surface area contributed by atoms with Crippen LogP contribution in [-0.4, -0.2) is 5.88 Å². The van der Waals surface area contributed by atoms with Crippen molar-refractivity contribution in [3.05, 3.63) is 12.2 Å². The lowest BCUT2D eigenvalue weighted by molar-refractivity contribution is 0.637. The molecule has 1 heteroatoms. The van der Waals surface area contributed by atoms with Gasteiger partial charge in [-0.1, -0.05) is 57.6 Å². The van der Waals surface area contributed by atoms with Gasteiger partial charge in [0.2, 0.25) is 0 Å². The first kappa shape index (κ1) is 16.0. The largest absolute Gasteiger partial charge is 0.127 e. The van der Waals surface area contributed by atoms with Crippen LogP contribution in [0, 0.1) is 0 Å². The van der Waals surface area contributed by atoms with Gasteiger partial charge in [0.15, 0.2) is 0 Å². The normalized spacial score (nSPS) is 11.4. The van der Waals surface area contributed by atoms with Gasteiger partial charge in [-0.3, -0.25) is 0 Å². The van der Waals surface area contributed by atoms with Crippen LogP contribution in [0.1, 0.15) is 77.6 Å². The summed E-state index contributed by atoms with van der Waals surface area (Å²) >= 11 is 5.62. The zero-order valence-corrected chi connectivity index (χ0v) is 11.8. The first-order chi connectivity index (χ1) is 7.91. The molecule has 96 valence electrons. The Bertz CT molecular complexity index is 140. The van der Waals surface area contributed by atoms with E-state index in [0.717, 1.165) is 5.88 Å². The molecule has 0 unspecified atom stereocenters. The Balaban J connectivity index is 2.98. The smallest absolute Gasteiger partial charge is 0.0223 e. The molecule has 0 saturated heterocycles. The predicted octanol–water partition coefficient (Wildman–Crippen LogP) is 6.09. The van der Waals surface area contributed by atoms with E-state index in [1.165, 1.54) is 70.6 Å². The van der Waals surface area contributed by atoms with Crippen molar-refractivity contribution < 1.29 is 0 Å². The molecule has 0 aromatic heterocycles. The molecule has 0 aromatic carbocycles. The molecule has 0 heterocycles. The summed E-state index contributed by atoms with van der Waals surface area (Å²) in [6, 6.07) is 0. The van der Waals surface area contributed by atoms with Gasteiger partial charge < -0.3 is 0 Å². The summed E-state index contributed by atoms with van der Waals surface area (Å²) in [7, 11) is 0. The van der Waals surface area contributed by atoms with Crippen LogP contribution in [0.2, 0.25) is 0 Å². The molecular formula is C15H29Cl. The molecule has 0 aliphatic carbocycles. The van der Waals surface area contributed by atoms with E-state index in [9.17, 15) is 0 Å². The fraction of sp³-hybridized carbons (Fsp3) is 0.867. The number of rotatable bonds is 12. The van der Waals surface area contributed by atoms with Gasteiger partial charge in [0.25, 0.3) is 0 Å². The van der Waals surface area contributed by atoms with Gasteiger partial charge in [-0.25, -0.2) is 0 Å². The fourth-order valence-electron chi connectivity index (χ4n) is 1.81. The fourth-order valence-corrected chi connectivity index (χ4v) is 2.00. The van der Waals surface area contributed by atoms with E-state index in [-0.39, 0.29) is 0 Å². The molecule has 0 rings (SSSR count). The Hall–Kier alpha value is 0.0300. The average molecular weight is 245 g/mol. The Morgan fingerprint density at radius 1 is 0.688 bits per heavy atom. The maximum atomic E-state index is 5.62. The summed E-state index contributed by atoms with van der Waals surface area (Å²) in [6.45, 7) is 2.26. The average Bonchev–Trinajstić information content (AvgIpc) is 2.31. The number of unbranched alkanes of at least 4 members (excludes halogenated alkanes) is 9. The van der Waals surface area contributed by atoms with E-state index in [1.54, 1.807) is 0 Å². The second-order valence-corrected chi connectivity index (χ2v) is 4.94. The van der Waals surface area contributed by atoms with Crippen molar-refractivity contribution in [1.82, 2.24) is 0 Å². The molecule has 0 saturated carbocycles. The Morgan fingerprint density at radius 2 is 1.19 bits per heavy atom. The summed E-state index contributed by atoms with van der Waals surface area (Å²) in [5, 5.41) is 0.